The molecule has 3 rings (SSSR count). The van der Waals surface area contributed by atoms with Gasteiger partial charge in [-0.1, -0.05) is 0 Å². The number of carbonyl (C=O) groups excluding carboxylic acids is 1. The molecule has 0 bridgehead atoms. The molecule has 0 fully saturated rings. The molecular formula is C18H17FN2O2. The molecule has 5 heteroatoms. The van der Waals surface area contributed by atoms with Crippen molar-refractivity contribution in [1.29, 1.82) is 0 Å². The highest BCUT2D eigenvalue weighted by molar-refractivity contribution is 5.95. The lowest BCUT2D eigenvalue weighted by atomic mass is 10.2. The van der Waals surface area contributed by atoms with Crippen molar-refractivity contribution in [3.63, 3.8) is 0 Å². The number of halogens is 1. The Morgan fingerprint density at radius 3 is 2.61 bits per heavy atom. The van der Waals surface area contributed by atoms with Crippen molar-refractivity contribution in [2.45, 2.75) is 20.4 Å². The Labute approximate surface area is 133 Å². The SMILES string of the molecule is Cc1cc(C(=O)NCc2ccco2)c(C)n1-c1ccc(F)cc1. The molecule has 0 atom stereocenters. The Balaban J connectivity index is 1.85. The highest BCUT2D eigenvalue weighted by Gasteiger charge is 2.16. The number of hydrogen-bond donors (Lipinski definition) is 1. The lowest BCUT2D eigenvalue weighted by Crippen LogP contribution is -2.23. The van der Waals surface area contributed by atoms with E-state index in [0.29, 0.717) is 17.9 Å². The van der Waals surface area contributed by atoms with Crippen LogP contribution in [0.3, 0.4) is 0 Å². The molecule has 3 aromatic rings. The van der Waals surface area contributed by atoms with E-state index in [1.807, 2.05) is 30.5 Å². The summed E-state index contributed by atoms with van der Waals surface area (Å²) in [5, 5.41) is 2.84. The summed E-state index contributed by atoms with van der Waals surface area (Å²) in [6.45, 7) is 4.13. The highest BCUT2D eigenvalue weighted by atomic mass is 19.1. The van der Waals surface area contributed by atoms with E-state index in [1.165, 1.54) is 12.1 Å². The fraction of sp³-hybridized carbons (Fsp3) is 0.167. The van der Waals surface area contributed by atoms with Crippen LogP contribution in [0.25, 0.3) is 5.69 Å². The van der Waals surface area contributed by atoms with E-state index >= 15 is 0 Å². The first-order valence-electron chi connectivity index (χ1n) is 7.31. The Hall–Kier alpha value is -2.82. The van der Waals surface area contributed by atoms with E-state index in [1.54, 1.807) is 24.5 Å². The van der Waals surface area contributed by atoms with Gasteiger partial charge < -0.3 is 14.3 Å². The Morgan fingerprint density at radius 1 is 1.22 bits per heavy atom. The number of nitrogens with one attached hydrogen (secondary N) is 1. The molecule has 0 saturated carbocycles. The number of furan rings is 1. The van der Waals surface area contributed by atoms with Crippen molar-refractivity contribution in [3.05, 3.63) is 77.3 Å². The van der Waals surface area contributed by atoms with Crippen LogP contribution in [-0.4, -0.2) is 10.5 Å². The predicted molar refractivity (Wildman–Crippen MR) is 85.1 cm³/mol. The molecule has 23 heavy (non-hydrogen) atoms. The average Bonchev–Trinajstić information content (AvgIpc) is 3.14. The fourth-order valence-electron chi connectivity index (χ4n) is 2.66. The van der Waals surface area contributed by atoms with E-state index in [-0.39, 0.29) is 11.7 Å². The molecule has 1 N–H and O–H groups in total. The second kappa shape index (κ2) is 6.12. The summed E-state index contributed by atoms with van der Waals surface area (Å²) in [5.74, 6) is 0.251. The normalized spacial score (nSPS) is 10.7. The van der Waals surface area contributed by atoms with Gasteiger partial charge in [0.05, 0.1) is 18.4 Å². The largest absolute Gasteiger partial charge is 0.467 e. The number of hydrogen-bond acceptors (Lipinski definition) is 2. The van der Waals surface area contributed by atoms with Crippen LogP contribution in [0, 0.1) is 19.7 Å². The quantitative estimate of drug-likeness (QED) is 0.797. The number of carbonyl (C=O) groups is 1. The van der Waals surface area contributed by atoms with Crippen molar-refractivity contribution >= 4 is 5.91 Å². The van der Waals surface area contributed by atoms with Crippen molar-refractivity contribution < 1.29 is 13.6 Å². The summed E-state index contributed by atoms with van der Waals surface area (Å²) in [4.78, 5) is 12.4. The Morgan fingerprint density at radius 2 is 1.96 bits per heavy atom. The number of aromatic nitrogens is 1. The number of aryl methyl sites for hydroxylation is 1. The lowest BCUT2D eigenvalue weighted by Gasteiger charge is -2.10. The molecular weight excluding hydrogens is 295 g/mol. The maximum atomic E-state index is 13.1. The van der Waals surface area contributed by atoms with Crippen LogP contribution in [0.5, 0.6) is 0 Å². The summed E-state index contributed by atoms with van der Waals surface area (Å²) < 4.78 is 20.2. The van der Waals surface area contributed by atoms with Crippen LogP contribution in [0.15, 0.2) is 53.1 Å². The third kappa shape index (κ3) is 3.04. The fourth-order valence-corrected chi connectivity index (χ4v) is 2.66. The van der Waals surface area contributed by atoms with Gasteiger partial charge in [0.15, 0.2) is 0 Å². The smallest absolute Gasteiger partial charge is 0.253 e. The van der Waals surface area contributed by atoms with E-state index in [0.717, 1.165) is 17.1 Å². The second-order valence-electron chi connectivity index (χ2n) is 5.36. The van der Waals surface area contributed by atoms with E-state index in [2.05, 4.69) is 5.32 Å². The minimum Gasteiger partial charge on any atom is -0.467 e. The standard InChI is InChI=1S/C18H17FN2O2/c1-12-10-17(18(22)20-11-16-4-3-9-23-16)13(2)21(12)15-7-5-14(19)6-8-15/h3-10H,11H2,1-2H3,(H,20,22). The van der Waals surface area contributed by atoms with Gasteiger partial charge in [-0.05, 0) is 56.3 Å². The first-order chi connectivity index (χ1) is 11.1. The first kappa shape index (κ1) is 15.1. The van der Waals surface area contributed by atoms with Gasteiger partial charge in [-0.2, -0.15) is 0 Å². The van der Waals surface area contributed by atoms with E-state index in [4.69, 9.17) is 4.42 Å². The molecule has 0 saturated heterocycles. The molecule has 0 aliphatic carbocycles. The predicted octanol–water partition coefficient (Wildman–Crippen LogP) is 3.76. The zero-order valence-corrected chi connectivity index (χ0v) is 13.0. The Kier molecular flexibility index (Phi) is 4.02. The summed E-state index contributed by atoms with van der Waals surface area (Å²) in [6.07, 6.45) is 1.57. The number of benzene rings is 1. The minimum atomic E-state index is -0.285. The molecule has 2 heterocycles. The van der Waals surface area contributed by atoms with Gasteiger partial charge in [0.2, 0.25) is 0 Å². The molecule has 0 aliphatic rings. The van der Waals surface area contributed by atoms with Crippen molar-refractivity contribution in [2.24, 2.45) is 0 Å². The van der Waals surface area contributed by atoms with E-state index in [9.17, 15) is 9.18 Å². The average molecular weight is 312 g/mol. The van der Waals surface area contributed by atoms with Crippen LogP contribution in [0.1, 0.15) is 27.5 Å². The van der Waals surface area contributed by atoms with Crippen LogP contribution in [0.2, 0.25) is 0 Å². The van der Waals surface area contributed by atoms with Gasteiger partial charge in [-0.25, -0.2) is 4.39 Å². The van der Waals surface area contributed by atoms with Crippen molar-refractivity contribution in [1.82, 2.24) is 9.88 Å². The molecule has 118 valence electrons. The highest BCUT2D eigenvalue weighted by Crippen LogP contribution is 2.21. The molecule has 0 radical (unpaired) electrons. The third-order valence-electron chi connectivity index (χ3n) is 3.76. The van der Waals surface area contributed by atoms with Gasteiger partial charge in [0.1, 0.15) is 11.6 Å². The van der Waals surface area contributed by atoms with Crippen LogP contribution < -0.4 is 5.32 Å². The maximum Gasteiger partial charge on any atom is 0.253 e. The topological polar surface area (TPSA) is 47.2 Å². The molecule has 1 aromatic carbocycles. The summed E-state index contributed by atoms with van der Waals surface area (Å²) in [5.41, 5.74) is 3.15. The third-order valence-corrected chi connectivity index (χ3v) is 3.76. The van der Waals surface area contributed by atoms with Crippen LogP contribution >= 0.6 is 0 Å². The summed E-state index contributed by atoms with van der Waals surface area (Å²) in [6, 6.07) is 11.6. The van der Waals surface area contributed by atoms with Gasteiger partial charge in [0.25, 0.3) is 5.91 Å². The van der Waals surface area contributed by atoms with Crippen LogP contribution in [0.4, 0.5) is 4.39 Å². The van der Waals surface area contributed by atoms with E-state index < -0.39 is 0 Å². The number of amides is 1. The number of nitrogens with zero attached hydrogens (tertiary/aromatic N) is 1. The molecule has 1 amide bonds. The first-order valence-corrected chi connectivity index (χ1v) is 7.31. The van der Waals surface area contributed by atoms with Gasteiger partial charge in [-0.15, -0.1) is 0 Å². The monoisotopic (exact) mass is 312 g/mol. The zero-order valence-electron chi connectivity index (χ0n) is 13.0. The second-order valence-corrected chi connectivity index (χ2v) is 5.36. The lowest BCUT2D eigenvalue weighted by molar-refractivity contribution is 0.0947. The van der Waals surface area contributed by atoms with Gasteiger partial charge in [-0.3, -0.25) is 4.79 Å². The van der Waals surface area contributed by atoms with Gasteiger partial charge >= 0.3 is 0 Å². The molecule has 0 unspecified atom stereocenters. The van der Waals surface area contributed by atoms with Crippen molar-refractivity contribution in [3.8, 4) is 5.69 Å². The maximum absolute atomic E-state index is 13.1. The Bertz CT molecular complexity index is 818. The van der Waals surface area contributed by atoms with Gasteiger partial charge in [0, 0.05) is 17.1 Å². The van der Waals surface area contributed by atoms with Crippen LogP contribution in [-0.2, 0) is 6.54 Å². The summed E-state index contributed by atoms with van der Waals surface area (Å²) >= 11 is 0. The summed E-state index contributed by atoms with van der Waals surface area (Å²) in [7, 11) is 0. The molecule has 4 nitrogen and oxygen atoms in total. The zero-order chi connectivity index (χ0) is 16.4. The minimum absolute atomic E-state index is 0.164. The van der Waals surface area contributed by atoms with Crippen molar-refractivity contribution in [2.75, 3.05) is 0 Å². The molecule has 0 aliphatic heterocycles. The molecule has 2 aromatic heterocycles. The molecule has 0 spiro atoms. The number of rotatable bonds is 4.